The molecule has 252 valence electrons. The molecule has 0 spiro atoms. The highest BCUT2D eigenvalue weighted by Crippen LogP contribution is 2.36. The Morgan fingerprint density at radius 2 is 1.83 bits per heavy atom. The van der Waals surface area contributed by atoms with Crippen LogP contribution >= 0.6 is 0 Å². The number of aromatic nitrogens is 3. The number of ether oxygens (including phenoxy) is 3. The summed E-state index contributed by atoms with van der Waals surface area (Å²) in [6.45, 7) is 4.51. The number of alkyl halides is 3. The molecule has 2 aromatic carbocycles. The number of carbonyl (C=O) groups excluding carboxylic acids is 1. The van der Waals surface area contributed by atoms with Crippen LogP contribution in [-0.2, 0) is 9.53 Å². The molecular formula is C33H33F4N7O4. The van der Waals surface area contributed by atoms with Crippen molar-refractivity contribution in [2.75, 3.05) is 55.4 Å². The predicted molar refractivity (Wildman–Crippen MR) is 172 cm³/mol. The molecule has 4 heterocycles. The number of hydrogen-bond donors (Lipinski definition) is 2. The van der Waals surface area contributed by atoms with E-state index in [1.54, 1.807) is 24.1 Å². The Labute approximate surface area is 273 Å². The molecule has 48 heavy (non-hydrogen) atoms. The van der Waals surface area contributed by atoms with Gasteiger partial charge in [0.15, 0.2) is 6.10 Å². The summed E-state index contributed by atoms with van der Waals surface area (Å²) in [7, 11) is 1.57. The van der Waals surface area contributed by atoms with Crippen LogP contribution in [0.4, 0.5) is 40.6 Å². The number of fused-ring (bicyclic) bond motifs is 1. The van der Waals surface area contributed by atoms with E-state index in [1.807, 2.05) is 6.07 Å². The number of carbonyl (C=O) groups is 1. The molecule has 2 fully saturated rings. The van der Waals surface area contributed by atoms with E-state index in [9.17, 15) is 18.0 Å². The molecule has 0 radical (unpaired) electrons. The van der Waals surface area contributed by atoms with E-state index < -0.39 is 24.6 Å². The van der Waals surface area contributed by atoms with Crippen molar-refractivity contribution in [3.05, 3.63) is 73.5 Å². The van der Waals surface area contributed by atoms with Crippen molar-refractivity contribution in [2.24, 2.45) is 0 Å². The van der Waals surface area contributed by atoms with Gasteiger partial charge in [0.25, 0.3) is 0 Å². The van der Waals surface area contributed by atoms with Gasteiger partial charge >= 0.3 is 6.18 Å². The van der Waals surface area contributed by atoms with Crippen molar-refractivity contribution in [1.29, 1.82) is 0 Å². The molecule has 11 nitrogen and oxygen atoms in total. The number of likely N-dealkylation sites (tertiary alicyclic amines) is 1. The van der Waals surface area contributed by atoms with Crippen molar-refractivity contribution in [1.82, 2.24) is 19.9 Å². The summed E-state index contributed by atoms with van der Waals surface area (Å²) in [4.78, 5) is 28.1. The Morgan fingerprint density at radius 1 is 1.04 bits per heavy atom. The second-order valence-electron chi connectivity index (χ2n) is 11.3. The third kappa shape index (κ3) is 7.35. The lowest BCUT2D eigenvalue weighted by atomic mass is 10.0. The van der Waals surface area contributed by atoms with E-state index in [0.717, 1.165) is 12.8 Å². The number of amides is 1. The third-order valence-corrected chi connectivity index (χ3v) is 8.20. The molecule has 1 amide bonds. The van der Waals surface area contributed by atoms with Crippen LogP contribution in [-0.4, -0.2) is 84.0 Å². The zero-order valence-electron chi connectivity index (χ0n) is 26.0. The van der Waals surface area contributed by atoms with Gasteiger partial charge in [-0.2, -0.15) is 13.2 Å². The molecule has 2 aliphatic rings. The minimum Gasteiger partial charge on any atom is -0.495 e. The standard InChI is InChI=1S/C33H33F4N7O4/c1-3-31(45)43-10-7-20(8-11-43)41-27-16-23-26(17-28(27)46-2)39-19-40-32(23)42-25-5-4-21(14-24(25)34)48-22-6-9-38-30(15-22)44-12-13-47-29(18-44)33(35,36)37/h3-6,9,14-17,19-20,29,41H,1,7-8,10-13,18H2,2H3,(H,39,40,42)/t29-/m1/s1. The van der Waals surface area contributed by atoms with Crippen LogP contribution in [0.1, 0.15) is 12.8 Å². The monoisotopic (exact) mass is 667 g/mol. The second-order valence-corrected chi connectivity index (χ2v) is 11.3. The molecule has 2 aliphatic heterocycles. The fourth-order valence-corrected chi connectivity index (χ4v) is 5.67. The number of methoxy groups -OCH3 is 1. The van der Waals surface area contributed by atoms with Gasteiger partial charge in [-0.05, 0) is 43.2 Å². The Bertz CT molecular complexity index is 1800. The summed E-state index contributed by atoms with van der Waals surface area (Å²) in [5, 5.41) is 7.18. The zero-order chi connectivity index (χ0) is 33.8. The largest absolute Gasteiger partial charge is 0.495 e. The van der Waals surface area contributed by atoms with Crippen molar-refractivity contribution in [3.8, 4) is 17.2 Å². The maximum Gasteiger partial charge on any atom is 0.416 e. The molecule has 2 saturated heterocycles. The molecule has 0 unspecified atom stereocenters. The smallest absolute Gasteiger partial charge is 0.416 e. The third-order valence-electron chi connectivity index (χ3n) is 8.20. The number of benzene rings is 2. The average Bonchev–Trinajstić information content (AvgIpc) is 3.09. The highest BCUT2D eigenvalue weighted by Gasteiger charge is 2.43. The Kier molecular flexibility index (Phi) is 9.48. The average molecular weight is 668 g/mol. The van der Waals surface area contributed by atoms with E-state index in [2.05, 4.69) is 32.2 Å². The number of anilines is 4. The van der Waals surface area contributed by atoms with Crippen molar-refractivity contribution < 1.29 is 36.6 Å². The minimum atomic E-state index is -4.49. The predicted octanol–water partition coefficient (Wildman–Crippen LogP) is 6.06. The van der Waals surface area contributed by atoms with Gasteiger partial charge in [0.05, 0.1) is 37.2 Å². The maximum atomic E-state index is 15.4. The quantitative estimate of drug-likeness (QED) is 0.161. The van der Waals surface area contributed by atoms with E-state index in [4.69, 9.17) is 14.2 Å². The molecular weight excluding hydrogens is 634 g/mol. The van der Waals surface area contributed by atoms with Crippen LogP contribution in [0.3, 0.4) is 0 Å². The zero-order valence-corrected chi connectivity index (χ0v) is 26.0. The molecule has 2 aromatic heterocycles. The number of rotatable bonds is 9. The maximum absolute atomic E-state index is 15.4. The summed E-state index contributed by atoms with van der Waals surface area (Å²) in [6, 6.07) is 11.0. The van der Waals surface area contributed by atoms with Crippen LogP contribution in [0.2, 0.25) is 0 Å². The van der Waals surface area contributed by atoms with Crippen molar-refractivity contribution in [3.63, 3.8) is 0 Å². The Hall–Kier alpha value is -5.18. The Balaban J connectivity index is 1.16. The van der Waals surface area contributed by atoms with Crippen LogP contribution < -0.4 is 25.0 Å². The fourth-order valence-electron chi connectivity index (χ4n) is 5.67. The summed E-state index contributed by atoms with van der Waals surface area (Å²) >= 11 is 0. The highest BCUT2D eigenvalue weighted by atomic mass is 19.4. The highest BCUT2D eigenvalue weighted by molar-refractivity contribution is 5.95. The summed E-state index contributed by atoms with van der Waals surface area (Å²) in [6.07, 6.45) is -0.820. The minimum absolute atomic E-state index is 0.0858. The van der Waals surface area contributed by atoms with Crippen molar-refractivity contribution >= 4 is 39.8 Å². The fraction of sp³-hybridized carbons (Fsp3) is 0.333. The van der Waals surface area contributed by atoms with Gasteiger partial charge in [-0.15, -0.1) is 0 Å². The molecule has 15 heteroatoms. The molecule has 6 rings (SSSR count). The summed E-state index contributed by atoms with van der Waals surface area (Å²) in [5.74, 6) is 0.986. The SMILES string of the molecule is C=CC(=O)N1CCC(Nc2cc3c(Nc4ccc(Oc5ccnc(N6CCO[C@@H](C(F)(F)F)C6)c5)cc4F)ncnc3cc2OC)CC1. The number of halogens is 4. The first kappa shape index (κ1) is 32.7. The molecule has 2 N–H and O–H groups in total. The van der Waals surface area contributed by atoms with Crippen LogP contribution in [0.25, 0.3) is 10.9 Å². The number of nitrogens with zero attached hydrogens (tertiary/aromatic N) is 5. The van der Waals surface area contributed by atoms with E-state index >= 15 is 4.39 Å². The number of piperidine rings is 1. The van der Waals surface area contributed by atoms with Crippen LogP contribution in [0.5, 0.6) is 17.2 Å². The van der Waals surface area contributed by atoms with Gasteiger partial charge in [0.2, 0.25) is 5.91 Å². The molecule has 1 atom stereocenters. The summed E-state index contributed by atoms with van der Waals surface area (Å²) < 4.78 is 71.3. The van der Waals surface area contributed by atoms with Crippen LogP contribution in [0, 0.1) is 5.82 Å². The van der Waals surface area contributed by atoms with Gasteiger partial charge in [0.1, 0.15) is 41.0 Å². The lowest BCUT2D eigenvalue weighted by Gasteiger charge is -2.34. The van der Waals surface area contributed by atoms with Crippen LogP contribution in [0.15, 0.2) is 67.6 Å². The molecule has 0 aliphatic carbocycles. The first-order valence-corrected chi connectivity index (χ1v) is 15.3. The number of hydrogen-bond acceptors (Lipinski definition) is 10. The van der Waals surface area contributed by atoms with Gasteiger partial charge < -0.3 is 34.6 Å². The second kappa shape index (κ2) is 13.9. The number of nitrogens with one attached hydrogen (secondary N) is 2. The molecule has 0 saturated carbocycles. The Morgan fingerprint density at radius 3 is 2.56 bits per heavy atom. The topological polar surface area (TPSA) is 114 Å². The molecule has 0 bridgehead atoms. The van der Waals surface area contributed by atoms with E-state index in [-0.39, 0.29) is 48.1 Å². The van der Waals surface area contributed by atoms with Gasteiger partial charge in [0, 0.05) is 55.5 Å². The summed E-state index contributed by atoms with van der Waals surface area (Å²) in [5.41, 5.74) is 1.43. The lowest BCUT2D eigenvalue weighted by molar-refractivity contribution is -0.221. The normalized spacial score (nSPS) is 17.2. The van der Waals surface area contributed by atoms with E-state index in [1.165, 1.54) is 47.8 Å². The first-order chi connectivity index (χ1) is 23.1. The van der Waals surface area contributed by atoms with Crippen molar-refractivity contribution in [2.45, 2.75) is 31.2 Å². The number of morpholine rings is 1. The first-order valence-electron chi connectivity index (χ1n) is 15.3. The van der Waals surface area contributed by atoms with Gasteiger partial charge in [-0.1, -0.05) is 6.58 Å². The van der Waals surface area contributed by atoms with Gasteiger partial charge in [-0.25, -0.2) is 19.3 Å². The molecule has 4 aromatic rings. The lowest BCUT2D eigenvalue weighted by Crippen LogP contribution is -2.49. The van der Waals surface area contributed by atoms with Gasteiger partial charge in [-0.3, -0.25) is 4.79 Å². The van der Waals surface area contributed by atoms with E-state index in [0.29, 0.717) is 41.2 Å². The number of pyridine rings is 1.